The van der Waals surface area contributed by atoms with Crippen LogP contribution in [0.4, 0.5) is 11.6 Å². The van der Waals surface area contributed by atoms with Crippen molar-refractivity contribution in [1.82, 2.24) is 10.1 Å². The maximum absolute atomic E-state index is 4.56. The lowest BCUT2D eigenvalue weighted by Gasteiger charge is -1.97. The van der Waals surface area contributed by atoms with Gasteiger partial charge in [-0.15, -0.1) is 0 Å². The monoisotopic (exact) mass is 161 g/mol. The van der Waals surface area contributed by atoms with Crippen LogP contribution in [0.2, 0.25) is 0 Å². The van der Waals surface area contributed by atoms with Crippen molar-refractivity contribution in [3.05, 3.63) is 36.7 Å². The first-order chi connectivity index (χ1) is 5.95. The summed E-state index contributed by atoms with van der Waals surface area (Å²) in [7, 11) is 0. The first kappa shape index (κ1) is 6.84. The summed E-state index contributed by atoms with van der Waals surface area (Å²) in [6.45, 7) is 0. The fourth-order valence-corrected chi connectivity index (χ4v) is 0.876. The van der Waals surface area contributed by atoms with Crippen LogP contribution in [0.15, 0.2) is 41.2 Å². The van der Waals surface area contributed by atoms with Crippen LogP contribution in [-0.2, 0) is 0 Å². The topological polar surface area (TPSA) is 51.0 Å². The molecule has 0 amide bonds. The van der Waals surface area contributed by atoms with Gasteiger partial charge in [0, 0.05) is 5.69 Å². The summed E-state index contributed by atoms with van der Waals surface area (Å²) >= 11 is 0. The Labute approximate surface area is 69.2 Å². The summed E-state index contributed by atoms with van der Waals surface area (Å²) in [6, 6.07) is 9.67. The van der Waals surface area contributed by atoms with Crippen LogP contribution in [0.3, 0.4) is 0 Å². The van der Waals surface area contributed by atoms with Crippen LogP contribution in [0.1, 0.15) is 0 Å². The SMILES string of the molecule is c1ccc(Nc2ncon2)cc1. The van der Waals surface area contributed by atoms with Crippen LogP contribution in [0, 0.1) is 0 Å². The predicted molar refractivity (Wildman–Crippen MR) is 44.0 cm³/mol. The lowest BCUT2D eigenvalue weighted by Crippen LogP contribution is -1.90. The maximum Gasteiger partial charge on any atom is 0.267 e. The molecule has 4 nitrogen and oxygen atoms in total. The molecule has 0 fully saturated rings. The molecule has 2 rings (SSSR count). The molecule has 0 spiro atoms. The van der Waals surface area contributed by atoms with Gasteiger partial charge in [-0.05, 0) is 17.3 Å². The van der Waals surface area contributed by atoms with Crippen molar-refractivity contribution >= 4 is 11.6 Å². The Kier molecular flexibility index (Phi) is 1.74. The van der Waals surface area contributed by atoms with Gasteiger partial charge >= 0.3 is 0 Å². The highest BCUT2D eigenvalue weighted by molar-refractivity contribution is 5.51. The van der Waals surface area contributed by atoms with Crippen molar-refractivity contribution in [3.8, 4) is 0 Å². The quantitative estimate of drug-likeness (QED) is 0.729. The molecule has 4 heteroatoms. The van der Waals surface area contributed by atoms with Gasteiger partial charge in [0.15, 0.2) is 0 Å². The first-order valence-corrected chi connectivity index (χ1v) is 3.53. The number of benzene rings is 1. The summed E-state index contributed by atoms with van der Waals surface area (Å²) in [5.41, 5.74) is 0.943. The maximum atomic E-state index is 4.56. The number of hydrogen-bond acceptors (Lipinski definition) is 4. The molecule has 0 saturated carbocycles. The second-order valence-electron chi connectivity index (χ2n) is 2.25. The van der Waals surface area contributed by atoms with Gasteiger partial charge in [-0.3, -0.25) is 0 Å². The van der Waals surface area contributed by atoms with E-state index in [1.165, 1.54) is 6.39 Å². The number of rotatable bonds is 2. The second-order valence-corrected chi connectivity index (χ2v) is 2.25. The smallest absolute Gasteiger partial charge is 0.267 e. The number of anilines is 2. The van der Waals surface area contributed by atoms with E-state index in [9.17, 15) is 0 Å². The zero-order chi connectivity index (χ0) is 8.23. The van der Waals surface area contributed by atoms with E-state index in [4.69, 9.17) is 0 Å². The number of nitrogens with zero attached hydrogens (tertiary/aromatic N) is 2. The third-order valence-electron chi connectivity index (χ3n) is 1.39. The third-order valence-corrected chi connectivity index (χ3v) is 1.39. The number of para-hydroxylation sites is 1. The molecular weight excluding hydrogens is 154 g/mol. The van der Waals surface area contributed by atoms with Crippen LogP contribution in [0.25, 0.3) is 0 Å². The molecule has 0 aliphatic heterocycles. The molecule has 1 heterocycles. The van der Waals surface area contributed by atoms with E-state index in [1.54, 1.807) is 0 Å². The highest BCUT2D eigenvalue weighted by Crippen LogP contribution is 2.10. The summed E-state index contributed by atoms with van der Waals surface area (Å²) in [6.07, 6.45) is 1.28. The Bertz CT molecular complexity index is 330. The Balaban J connectivity index is 2.15. The number of nitrogens with one attached hydrogen (secondary N) is 1. The Morgan fingerprint density at radius 1 is 1.17 bits per heavy atom. The molecule has 1 aromatic carbocycles. The second kappa shape index (κ2) is 3.04. The van der Waals surface area contributed by atoms with Gasteiger partial charge < -0.3 is 9.84 Å². The highest BCUT2D eigenvalue weighted by Gasteiger charge is 1.95. The largest absolute Gasteiger partial charge is 0.341 e. The molecule has 0 saturated heterocycles. The van der Waals surface area contributed by atoms with Crippen molar-refractivity contribution in [1.29, 1.82) is 0 Å². The number of aromatic nitrogens is 2. The third kappa shape index (κ3) is 1.42. The zero-order valence-corrected chi connectivity index (χ0v) is 6.27. The van der Waals surface area contributed by atoms with Gasteiger partial charge in [0.2, 0.25) is 6.39 Å². The lowest BCUT2D eigenvalue weighted by molar-refractivity contribution is 0.419. The molecule has 0 unspecified atom stereocenters. The normalized spacial score (nSPS) is 9.67. The Morgan fingerprint density at radius 3 is 2.67 bits per heavy atom. The van der Waals surface area contributed by atoms with Gasteiger partial charge in [-0.25, -0.2) is 0 Å². The van der Waals surface area contributed by atoms with Crippen molar-refractivity contribution in [2.75, 3.05) is 5.32 Å². The lowest BCUT2D eigenvalue weighted by atomic mass is 10.3. The average Bonchev–Trinajstić information content (AvgIpc) is 2.59. The number of hydrogen-bond donors (Lipinski definition) is 1. The summed E-state index contributed by atoms with van der Waals surface area (Å²) < 4.78 is 4.56. The first-order valence-electron chi connectivity index (χ1n) is 3.53. The summed E-state index contributed by atoms with van der Waals surface area (Å²) in [5, 5.41) is 6.58. The zero-order valence-electron chi connectivity index (χ0n) is 6.27. The summed E-state index contributed by atoms with van der Waals surface area (Å²) in [5.74, 6) is 0.473. The standard InChI is InChI=1S/C8H7N3O/c1-2-4-7(5-3-1)10-8-9-6-12-11-8/h1-6H,(H,10,11). The van der Waals surface area contributed by atoms with Crippen molar-refractivity contribution in [2.45, 2.75) is 0 Å². The Hall–Kier alpha value is -1.84. The average molecular weight is 161 g/mol. The highest BCUT2D eigenvalue weighted by atomic mass is 16.5. The van der Waals surface area contributed by atoms with E-state index >= 15 is 0 Å². The predicted octanol–water partition coefficient (Wildman–Crippen LogP) is 1.81. The molecule has 2 aromatic rings. The van der Waals surface area contributed by atoms with Gasteiger partial charge in [0.1, 0.15) is 0 Å². The minimum atomic E-state index is 0.473. The van der Waals surface area contributed by atoms with E-state index in [1.807, 2.05) is 30.3 Å². The van der Waals surface area contributed by atoms with Gasteiger partial charge in [0.25, 0.3) is 5.95 Å². The Morgan fingerprint density at radius 2 is 2.00 bits per heavy atom. The van der Waals surface area contributed by atoms with Gasteiger partial charge in [0.05, 0.1) is 0 Å². The van der Waals surface area contributed by atoms with E-state index in [0.29, 0.717) is 5.95 Å². The van der Waals surface area contributed by atoms with E-state index in [-0.39, 0.29) is 0 Å². The molecule has 0 aliphatic rings. The molecule has 0 aliphatic carbocycles. The molecule has 1 aromatic heterocycles. The molecule has 12 heavy (non-hydrogen) atoms. The minimum absolute atomic E-state index is 0.473. The van der Waals surface area contributed by atoms with Crippen LogP contribution >= 0.6 is 0 Å². The fraction of sp³-hybridized carbons (Fsp3) is 0. The van der Waals surface area contributed by atoms with Crippen LogP contribution in [0.5, 0.6) is 0 Å². The van der Waals surface area contributed by atoms with Gasteiger partial charge in [-0.1, -0.05) is 18.2 Å². The fourth-order valence-electron chi connectivity index (χ4n) is 0.876. The molecule has 60 valence electrons. The molecule has 0 bridgehead atoms. The van der Waals surface area contributed by atoms with Crippen LogP contribution < -0.4 is 5.32 Å². The molecule has 1 N–H and O–H groups in total. The summed E-state index contributed by atoms with van der Waals surface area (Å²) in [4.78, 5) is 3.82. The van der Waals surface area contributed by atoms with E-state index in [2.05, 4.69) is 20.0 Å². The van der Waals surface area contributed by atoms with Crippen molar-refractivity contribution in [3.63, 3.8) is 0 Å². The van der Waals surface area contributed by atoms with Gasteiger partial charge in [-0.2, -0.15) is 4.98 Å². The van der Waals surface area contributed by atoms with E-state index < -0.39 is 0 Å². The van der Waals surface area contributed by atoms with Crippen LogP contribution in [-0.4, -0.2) is 10.1 Å². The molecular formula is C8H7N3O. The van der Waals surface area contributed by atoms with Crippen molar-refractivity contribution < 1.29 is 4.52 Å². The van der Waals surface area contributed by atoms with E-state index in [0.717, 1.165) is 5.69 Å². The molecule has 0 atom stereocenters. The van der Waals surface area contributed by atoms with Crippen molar-refractivity contribution in [2.24, 2.45) is 0 Å². The molecule has 0 radical (unpaired) electrons. The minimum Gasteiger partial charge on any atom is -0.341 e.